The Morgan fingerprint density at radius 2 is 1.58 bits per heavy atom. The van der Waals surface area contributed by atoms with E-state index in [9.17, 15) is 0 Å². The van der Waals surface area contributed by atoms with Gasteiger partial charge in [-0.1, -0.05) is 48.5 Å². The quantitative estimate of drug-likeness (QED) is 0.710. The molecule has 0 atom stereocenters. The number of nitrogens with zero attached hydrogens (tertiary/aromatic N) is 2. The average Bonchev–Trinajstić information content (AvgIpc) is 2.96. The number of aromatic amines is 1. The molecule has 0 aliphatic rings. The normalized spacial score (nSPS) is 10.3. The summed E-state index contributed by atoms with van der Waals surface area (Å²) in [5.41, 5.74) is 1.02. The summed E-state index contributed by atoms with van der Waals surface area (Å²) in [5, 5.41) is 7.06. The summed E-state index contributed by atoms with van der Waals surface area (Å²) >= 11 is 1.49. The van der Waals surface area contributed by atoms with Crippen LogP contribution >= 0.6 is 11.9 Å². The van der Waals surface area contributed by atoms with Crippen LogP contribution in [0.3, 0.4) is 0 Å². The summed E-state index contributed by atoms with van der Waals surface area (Å²) in [6.07, 6.45) is 0. The molecule has 5 heteroatoms. The highest BCUT2D eigenvalue weighted by Crippen LogP contribution is 2.20. The Balaban J connectivity index is 1.69. The van der Waals surface area contributed by atoms with E-state index in [-0.39, 0.29) is 0 Å². The molecule has 0 bridgehead atoms. The second kappa shape index (κ2) is 5.58. The van der Waals surface area contributed by atoms with Crippen LogP contribution in [0.5, 0.6) is 0 Å². The highest BCUT2D eigenvalue weighted by Gasteiger charge is 2.04. The van der Waals surface area contributed by atoms with Gasteiger partial charge >= 0.3 is 0 Å². The molecule has 1 aromatic heterocycles. The summed E-state index contributed by atoms with van der Waals surface area (Å²) in [5.74, 6) is 1.34. The van der Waals surface area contributed by atoms with Gasteiger partial charge in [-0.25, -0.2) is 0 Å². The van der Waals surface area contributed by atoms with Crippen LogP contribution in [0.4, 0.5) is 5.95 Å². The van der Waals surface area contributed by atoms with E-state index in [2.05, 4.69) is 19.9 Å². The first kappa shape index (κ1) is 11.8. The molecular formula is C14H12N4S. The molecular weight excluding hydrogens is 256 g/mol. The zero-order chi connectivity index (χ0) is 12.9. The second-order valence-corrected chi connectivity index (χ2v) is 4.77. The molecule has 0 unspecified atom stereocenters. The molecule has 94 valence electrons. The smallest absolute Gasteiger partial charge is 0.252 e. The standard InChI is InChI=1S/C14H12N4S/c1-3-7-11(8-4-1)13-15-14(17-16-13)18-19-12-9-5-2-6-10-12/h1-10H,(H2,15,16,17,18). The number of anilines is 1. The van der Waals surface area contributed by atoms with Gasteiger partial charge in [0.2, 0.25) is 0 Å². The van der Waals surface area contributed by atoms with Crippen molar-refractivity contribution in [3.63, 3.8) is 0 Å². The number of benzene rings is 2. The molecule has 2 aromatic carbocycles. The van der Waals surface area contributed by atoms with E-state index >= 15 is 0 Å². The first-order valence-electron chi connectivity index (χ1n) is 5.87. The van der Waals surface area contributed by atoms with Crippen molar-refractivity contribution in [1.29, 1.82) is 0 Å². The van der Waals surface area contributed by atoms with Gasteiger partial charge in [0.1, 0.15) is 0 Å². The van der Waals surface area contributed by atoms with E-state index < -0.39 is 0 Å². The van der Waals surface area contributed by atoms with Crippen molar-refractivity contribution < 1.29 is 0 Å². The van der Waals surface area contributed by atoms with Crippen molar-refractivity contribution in [2.24, 2.45) is 0 Å². The van der Waals surface area contributed by atoms with Gasteiger partial charge < -0.3 is 0 Å². The molecule has 3 rings (SSSR count). The fraction of sp³-hybridized carbons (Fsp3) is 0. The Labute approximate surface area is 115 Å². The molecule has 0 saturated heterocycles. The van der Waals surface area contributed by atoms with Gasteiger partial charge in [-0.2, -0.15) is 4.98 Å². The molecule has 0 amide bonds. The van der Waals surface area contributed by atoms with E-state index in [0.29, 0.717) is 5.95 Å². The fourth-order valence-corrected chi connectivity index (χ4v) is 2.22. The first-order chi connectivity index (χ1) is 9.42. The molecule has 0 saturated carbocycles. The largest absolute Gasteiger partial charge is 0.293 e. The number of H-pyrrole nitrogens is 1. The van der Waals surface area contributed by atoms with E-state index in [0.717, 1.165) is 16.3 Å². The van der Waals surface area contributed by atoms with Crippen molar-refractivity contribution in [1.82, 2.24) is 15.2 Å². The highest BCUT2D eigenvalue weighted by molar-refractivity contribution is 8.00. The van der Waals surface area contributed by atoms with E-state index in [1.807, 2.05) is 60.7 Å². The van der Waals surface area contributed by atoms with Crippen LogP contribution in [0.25, 0.3) is 11.4 Å². The second-order valence-electron chi connectivity index (χ2n) is 3.89. The van der Waals surface area contributed by atoms with Crippen LogP contribution in [-0.2, 0) is 0 Å². The number of rotatable bonds is 4. The lowest BCUT2D eigenvalue weighted by Crippen LogP contribution is -1.88. The van der Waals surface area contributed by atoms with E-state index in [4.69, 9.17) is 0 Å². The van der Waals surface area contributed by atoms with E-state index in [1.165, 1.54) is 11.9 Å². The Hall–Kier alpha value is -2.27. The molecule has 0 radical (unpaired) electrons. The van der Waals surface area contributed by atoms with Crippen molar-refractivity contribution in [2.75, 3.05) is 4.72 Å². The van der Waals surface area contributed by atoms with Crippen LogP contribution < -0.4 is 4.72 Å². The van der Waals surface area contributed by atoms with Crippen molar-refractivity contribution in [3.8, 4) is 11.4 Å². The van der Waals surface area contributed by atoms with Gasteiger partial charge in [0, 0.05) is 10.5 Å². The van der Waals surface area contributed by atoms with Crippen LogP contribution in [0.2, 0.25) is 0 Å². The van der Waals surface area contributed by atoms with Gasteiger partial charge in [-0.3, -0.25) is 9.82 Å². The Bertz CT molecular complexity index is 637. The highest BCUT2D eigenvalue weighted by atomic mass is 32.2. The lowest BCUT2D eigenvalue weighted by Gasteiger charge is -1.99. The van der Waals surface area contributed by atoms with Gasteiger partial charge in [0.05, 0.1) is 0 Å². The van der Waals surface area contributed by atoms with Crippen LogP contribution in [0, 0.1) is 0 Å². The third-order valence-corrected chi connectivity index (χ3v) is 3.33. The van der Waals surface area contributed by atoms with Crippen molar-refractivity contribution in [3.05, 3.63) is 60.7 Å². The van der Waals surface area contributed by atoms with Crippen molar-refractivity contribution >= 4 is 17.9 Å². The molecule has 1 heterocycles. The number of nitrogens with one attached hydrogen (secondary N) is 2. The zero-order valence-corrected chi connectivity index (χ0v) is 10.9. The lowest BCUT2D eigenvalue weighted by atomic mass is 10.2. The maximum absolute atomic E-state index is 4.40. The van der Waals surface area contributed by atoms with E-state index in [1.54, 1.807) is 0 Å². The number of aromatic nitrogens is 3. The Morgan fingerprint density at radius 1 is 0.895 bits per heavy atom. The third kappa shape index (κ3) is 2.95. The fourth-order valence-electron chi connectivity index (χ4n) is 1.63. The third-order valence-electron chi connectivity index (χ3n) is 2.54. The minimum atomic E-state index is 0.577. The molecule has 4 nitrogen and oxygen atoms in total. The summed E-state index contributed by atoms with van der Waals surface area (Å²) in [6, 6.07) is 20.0. The monoisotopic (exact) mass is 268 g/mol. The molecule has 3 aromatic rings. The summed E-state index contributed by atoms with van der Waals surface area (Å²) in [6.45, 7) is 0. The minimum Gasteiger partial charge on any atom is -0.293 e. The molecule has 2 N–H and O–H groups in total. The van der Waals surface area contributed by atoms with Gasteiger partial charge in [0.15, 0.2) is 5.82 Å². The predicted molar refractivity (Wildman–Crippen MR) is 77.7 cm³/mol. The van der Waals surface area contributed by atoms with Crippen LogP contribution in [-0.4, -0.2) is 15.2 Å². The predicted octanol–water partition coefficient (Wildman–Crippen LogP) is 3.59. The summed E-state index contributed by atoms with van der Waals surface area (Å²) in [7, 11) is 0. The Morgan fingerprint density at radius 3 is 2.32 bits per heavy atom. The lowest BCUT2D eigenvalue weighted by molar-refractivity contribution is 1.10. The van der Waals surface area contributed by atoms with Gasteiger partial charge in [0.25, 0.3) is 5.95 Å². The summed E-state index contributed by atoms with van der Waals surface area (Å²) in [4.78, 5) is 5.52. The zero-order valence-electron chi connectivity index (χ0n) is 10.1. The molecule has 0 fully saturated rings. The maximum Gasteiger partial charge on any atom is 0.252 e. The average molecular weight is 268 g/mol. The first-order valence-corrected chi connectivity index (χ1v) is 6.69. The topological polar surface area (TPSA) is 53.6 Å². The molecule has 0 aliphatic carbocycles. The SMILES string of the molecule is c1ccc(SNc2n[nH]c(-c3ccccc3)n2)cc1. The van der Waals surface area contributed by atoms with Crippen LogP contribution in [0.15, 0.2) is 65.6 Å². The maximum atomic E-state index is 4.40. The molecule has 0 aliphatic heterocycles. The van der Waals surface area contributed by atoms with Crippen LogP contribution in [0.1, 0.15) is 0 Å². The summed E-state index contributed by atoms with van der Waals surface area (Å²) < 4.78 is 3.11. The number of hydrogen-bond acceptors (Lipinski definition) is 4. The minimum absolute atomic E-state index is 0.577. The van der Waals surface area contributed by atoms with Gasteiger partial charge in [-0.15, -0.1) is 5.10 Å². The number of hydrogen-bond donors (Lipinski definition) is 2. The molecule has 19 heavy (non-hydrogen) atoms. The molecule has 0 spiro atoms. The van der Waals surface area contributed by atoms with Crippen molar-refractivity contribution in [2.45, 2.75) is 4.90 Å². The van der Waals surface area contributed by atoms with Gasteiger partial charge in [-0.05, 0) is 24.1 Å². The Kier molecular flexibility index (Phi) is 3.47.